The van der Waals surface area contributed by atoms with Crippen LogP contribution in [0.3, 0.4) is 0 Å². The van der Waals surface area contributed by atoms with Gasteiger partial charge in [0.25, 0.3) is 0 Å². The number of benzene rings is 1. The fraction of sp³-hybridized carbons (Fsp3) is 0.585. The number of carboxylic acid groups (broad SMARTS) is 1. The number of aliphatic hydroxyl groups is 1. The average Bonchev–Trinajstić information content (AvgIpc) is 3.94. The molecule has 342 valence electrons. The van der Waals surface area contributed by atoms with Crippen LogP contribution in [0.25, 0.3) is 0 Å². The van der Waals surface area contributed by atoms with E-state index in [0.29, 0.717) is 30.5 Å². The average molecular weight is 869 g/mol. The summed E-state index contributed by atoms with van der Waals surface area (Å²) in [6.07, 6.45) is 3.08. The lowest BCUT2D eigenvalue weighted by atomic mass is 9.96. The van der Waals surface area contributed by atoms with Gasteiger partial charge in [0, 0.05) is 37.8 Å². The van der Waals surface area contributed by atoms with Crippen molar-refractivity contribution in [3.63, 3.8) is 0 Å². The van der Waals surface area contributed by atoms with Crippen molar-refractivity contribution < 1.29 is 43.8 Å². The largest absolute Gasteiger partial charge is 0.480 e. The molecule has 62 heavy (non-hydrogen) atoms. The van der Waals surface area contributed by atoms with Gasteiger partial charge in [-0.05, 0) is 50.0 Å². The zero-order valence-corrected chi connectivity index (χ0v) is 36.0. The summed E-state index contributed by atoms with van der Waals surface area (Å²) in [7, 11) is 0. The molecule has 1 fully saturated rings. The van der Waals surface area contributed by atoms with Crippen LogP contribution in [0.5, 0.6) is 0 Å². The predicted octanol–water partition coefficient (Wildman–Crippen LogP) is -1.84. The predicted molar refractivity (Wildman–Crippen MR) is 228 cm³/mol. The van der Waals surface area contributed by atoms with Gasteiger partial charge in [0.15, 0.2) is 5.96 Å². The first kappa shape index (κ1) is 50.3. The molecule has 1 aromatic carbocycles. The first-order chi connectivity index (χ1) is 29.3. The van der Waals surface area contributed by atoms with Crippen LogP contribution in [-0.2, 0) is 46.4 Å². The van der Waals surface area contributed by atoms with Gasteiger partial charge in [-0.15, -0.1) is 0 Å². The summed E-state index contributed by atoms with van der Waals surface area (Å²) in [4.78, 5) is 107. The maximum Gasteiger partial charge on any atom is 0.326 e. The van der Waals surface area contributed by atoms with Crippen molar-refractivity contribution in [2.24, 2.45) is 34.0 Å². The number of guanidine groups is 1. The van der Waals surface area contributed by atoms with Crippen molar-refractivity contribution in [3.05, 3.63) is 54.1 Å². The summed E-state index contributed by atoms with van der Waals surface area (Å²) in [6.45, 7) is 8.52. The van der Waals surface area contributed by atoms with E-state index in [1.54, 1.807) is 58.0 Å². The third-order valence-electron chi connectivity index (χ3n) is 10.7. The highest BCUT2D eigenvalue weighted by molar-refractivity contribution is 5.97. The maximum absolute atomic E-state index is 14.3. The Labute approximate surface area is 361 Å². The number of carboxylic acids is 1. The Balaban J connectivity index is 1.78. The molecule has 1 saturated heterocycles. The quantitative estimate of drug-likeness (QED) is 0.0314. The van der Waals surface area contributed by atoms with Crippen molar-refractivity contribution in [2.45, 2.75) is 128 Å². The fourth-order valence-corrected chi connectivity index (χ4v) is 6.94. The van der Waals surface area contributed by atoms with E-state index in [4.69, 9.17) is 17.2 Å². The van der Waals surface area contributed by atoms with E-state index in [1.165, 1.54) is 24.3 Å². The number of nitrogens with zero attached hydrogens (tertiary/aromatic N) is 3. The Morgan fingerprint density at radius 3 is 2.08 bits per heavy atom. The molecule has 0 bridgehead atoms. The zero-order valence-electron chi connectivity index (χ0n) is 36.0. The number of nitrogens with one attached hydrogen (secondary N) is 6. The lowest BCUT2D eigenvalue weighted by Gasteiger charge is -2.32. The van der Waals surface area contributed by atoms with Crippen LogP contribution in [0.2, 0.25) is 0 Å². The molecule has 6 amide bonds. The molecule has 2 aromatic rings. The van der Waals surface area contributed by atoms with Crippen LogP contribution < -0.4 is 43.8 Å². The minimum atomic E-state index is -1.57. The topological polar surface area (TPSA) is 342 Å². The van der Waals surface area contributed by atoms with Gasteiger partial charge in [-0.25, -0.2) is 9.78 Å². The molecule has 9 atom stereocenters. The number of aliphatic hydroxyl groups excluding tert-OH is 1. The number of nitrogens with two attached hydrogens (primary N) is 3. The summed E-state index contributed by atoms with van der Waals surface area (Å²) in [6, 6.07) is 0.268. The van der Waals surface area contributed by atoms with Crippen LogP contribution in [0.4, 0.5) is 0 Å². The number of amides is 6. The molecule has 3 rings (SSSR count). The second kappa shape index (κ2) is 24.4. The van der Waals surface area contributed by atoms with E-state index in [9.17, 15) is 43.8 Å². The van der Waals surface area contributed by atoms with Gasteiger partial charge in [-0.3, -0.25) is 33.8 Å². The molecule has 21 nitrogen and oxygen atoms in total. The summed E-state index contributed by atoms with van der Waals surface area (Å²) in [5.74, 6) is -6.65. The second-order valence-electron chi connectivity index (χ2n) is 16.0. The van der Waals surface area contributed by atoms with Crippen molar-refractivity contribution >= 4 is 47.4 Å². The fourth-order valence-electron chi connectivity index (χ4n) is 6.94. The number of rotatable bonds is 24. The standard InChI is InChI=1S/C41H64N12O9/c1-6-23(4)32(51-38(59)33(24(5)54)52-36(57)31(22(2)3)50-34(55)27(42)14-10-16-46-41(43)44)37(58)48-28(19-26-20-45-21-47-26)39(60)53-17-11-15-30(53)35(56)49-29(40(61)62)18-25-12-8-7-9-13-25/h7-9,12-13,20-24,27-33,54H,6,10-11,14-19,42H2,1-5H3,(H,45,47)(H,48,58)(H,49,56)(H,50,55)(H,51,59)(H,52,57)(H,61,62)(H4,43,44,46). The Morgan fingerprint density at radius 1 is 0.871 bits per heavy atom. The number of imidazole rings is 1. The third-order valence-corrected chi connectivity index (χ3v) is 10.7. The molecule has 0 spiro atoms. The van der Waals surface area contributed by atoms with Crippen molar-refractivity contribution in [1.29, 1.82) is 0 Å². The van der Waals surface area contributed by atoms with E-state index in [0.717, 1.165) is 0 Å². The molecule has 14 N–H and O–H groups in total. The number of aromatic nitrogens is 2. The Kier molecular flexibility index (Phi) is 19.8. The van der Waals surface area contributed by atoms with Crippen molar-refractivity contribution in [2.75, 3.05) is 13.1 Å². The zero-order chi connectivity index (χ0) is 46.1. The number of aromatic amines is 1. The number of aliphatic carboxylic acids is 1. The monoisotopic (exact) mass is 868 g/mol. The van der Waals surface area contributed by atoms with Gasteiger partial charge >= 0.3 is 5.97 Å². The van der Waals surface area contributed by atoms with Crippen LogP contribution in [0.15, 0.2) is 47.8 Å². The molecule has 0 radical (unpaired) electrons. The van der Waals surface area contributed by atoms with Crippen LogP contribution in [0.1, 0.15) is 78.0 Å². The lowest BCUT2D eigenvalue weighted by molar-refractivity contribution is -0.145. The maximum atomic E-state index is 14.3. The van der Waals surface area contributed by atoms with Crippen molar-refractivity contribution in [1.82, 2.24) is 41.5 Å². The Morgan fingerprint density at radius 2 is 1.50 bits per heavy atom. The minimum absolute atomic E-state index is 0.0244. The van der Waals surface area contributed by atoms with Crippen LogP contribution >= 0.6 is 0 Å². The van der Waals surface area contributed by atoms with E-state index in [-0.39, 0.29) is 44.7 Å². The van der Waals surface area contributed by atoms with Crippen LogP contribution in [0, 0.1) is 11.8 Å². The van der Waals surface area contributed by atoms with E-state index >= 15 is 0 Å². The number of carbonyl (C=O) groups is 7. The number of hydrogen-bond acceptors (Lipinski definition) is 11. The molecular formula is C41H64N12O9. The number of carbonyl (C=O) groups excluding carboxylic acids is 6. The van der Waals surface area contributed by atoms with E-state index in [2.05, 4.69) is 41.5 Å². The Hall–Kier alpha value is -6.09. The molecule has 0 aliphatic carbocycles. The first-order valence-corrected chi connectivity index (χ1v) is 20.9. The minimum Gasteiger partial charge on any atom is -0.480 e. The molecule has 21 heteroatoms. The highest BCUT2D eigenvalue weighted by Gasteiger charge is 2.41. The number of aliphatic imine (C=N–C) groups is 1. The molecule has 9 unspecified atom stereocenters. The van der Waals surface area contributed by atoms with Gasteiger partial charge in [-0.1, -0.05) is 64.4 Å². The summed E-state index contributed by atoms with van der Waals surface area (Å²) in [5, 5.41) is 33.7. The van der Waals surface area contributed by atoms with Gasteiger partial charge in [-0.2, -0.15) is 0 Å². The van der Waals surface area contributed by atoms with Gasteiger partial charge in [0.2, 0.25) is 35.4 Å². The lowest BCUT2D eigenvalue weighted by Crippen LogP contribution is -2.63. The number of H-pyrrole nitrogens is 1. The summed E-state index contributed by atoms with van der Waals surface area (Å²) >= 11 is 0. The smallest absolute Gasteiger partial charge is 0.326 e. The Bertz CT molecular complexity index is 1840. The van der Waals surface area contributed by atoms with Gasteiger partial charge < -0.3 is 63.9 Å². The van der Waals surface area contributed by atoms with E-state index < -0.39 is 102 Å². The van der Waals surface area contributed by atoms with Crippen molar-refractivity contribution in [3.8, 4) is 0 Å². The number of hydrogen-bond donors (Lipinski definition) is 11. The van der Waals surface area contributed by atoms with E-state index in [1.807, 2.05) is 0 Å². The molecule has 0 saturated carbocycles. The van der Waals surface area contributed by atoms with Gasteiger partial charge in [0.1, 0.15) is 36.3 Å². The molecule has 1 aliphatic rings. The molecule has 1 aliphatic heterocycles. The normalized spacial score (nSPS) is 17.5. The highest BCUT2D eigenvalue weighted by Crippen LogP contribution is 2.21. The molecule has 2 heterocycles. The second-order valence-corrected chi connectivity index (χ2v) is 16.0. The van der Waals surface area contributed by atoms with Crippen LogP contribution in [-0.4, -0.2) is 134 Å². The summed E-state index contributed by atoms with van der Waals surface area (Å²) in [5.41, 5.74) is 17.9. The SMILES string of the molecule is CCC(C)C(NC(=O)C(NC(=O)C(NC(=O)C(N)CCCN=C(N)N)C(C)C)C(C)O)C(=O)NC(Cc1cnc[nH]1)C(=O)N1CCCC1C(=O)NC(Cc1ccccc1)C(=O)O. The first-order valence-electron chi connectivity index (χ1n) is 20.9. The summed E-state index contributed by atoms with van der Waals surface area (Å²) < 4.78 is 0. The highest BCUT2D eigenvalue weighted by atomic mass is 16.4. The third kappa shape index (κ3) is 15.1. The van der Waals surface area contributed by atoms with Gasteiger partial charge in [0.05, 0.1) is 18.5 Å². The number of likely N-dealkylation sites (tertiary alicyclic amines) is 1. The molecular weight excluding hydrogens is 805 g/mol. The molecule has 1 aromatic heterocycles.